The minimum atomic E-state index is -0.506. The second kappa shape index (κ2) is 4.55. The summed E-state index contributed by atoms with van der Waals surface area (Å²) in [5.41, 5.74) is 7.09. The lowest BCUT2D eigenvalue weighted by molar-refractivity contribution is -0.131. The summed E-state index contributed by atoms with van der Waals surface area (Å²) in [6, 6.07) is 6.52. The number of β-lactam (4-membered cyclic amide) rings is 1. The van der Waals surface area contributed by atoms with Crippen molar-refractivity contribution in [3.05, 3.63) is 35.4 Å². The highest BCUT2D eigenvalue weighted by molar-refractivity contribution is 5.99. The Bertz CT molecular complexity index is 442. The van der Waals surface area contributed by atoms with Crippen molar-refractivity contribution in [3.63, 3.8) is 0 Å². The second-order valence-corrected chi connectivity index (χ2v) is 4.17. The molecule has 0 radical (unpaired) electrons. The van der Waals surface area contributed by atoms with Crippen LogP contribution in [0.25, 0.3) is 0 Å². The molecule has 0 unspecified atom stereocenters. The summed E-state index contributed by atoms with van der Waals surface area (Å²) in [6.45, 7) is 2.27. The van der Waals surface area contributed by atoms with Crippen LogP contribution in [0.5, 0.6) is 0 Å². The van der Waals surface area contributed by atoms with Crippen LogP contribution in [-0.4, -0.2) is 30.4 Å². The number of carbonyl (C=O) groups is 2. The third-order valence-corrected chi connectivity index (χ3v) is 2.87. The first-order valence-corrected chi connectivity index (χ1v) is 5.50. The van der Waals surface area contributed by atoms with Crippen LogP contribution in [-0.2, 0) is 4.79 Å². The van der Waals surface area contributed by atoms with Crippen LogP contribution in [0.3, 0.4) is 0 Å². The molecule has 1 saturated heterocycles. The van der Waals surface area contributed by atoms with Gasteiger partial charge in [-0.1, -0.05) is 17.7 Å². The van der Waals surface area contributed by atoms with Crippen molar-refractivity contribution in [1.82, 2.24) is 10.6 Å². The van der Waals surface area contributed by atoms with Gasteiger partial charge in [-0.3, -0.25) is 9.59 Å². The summed E-state index contributed by atoms with van der Waals surface area (Å²) < 4.78 is 0. The van der Waals surface area contributed by atoms with Crippen LogP contribution < -0.4 is 16.4 Å². The van der Waals surface area contributed by atoms with E-state index in [1.54, 1.807) is 12.1 Å². The Labute approximate surface area is 99.4 Å². The SMILES string of the molecule is Cc1ccc(C(=O)N[C@H]2C(=O)N[C@H]2CN)cc1. The summed E-state index contributed by atoms with van der Waals surface area (Å²) in [5.74, 6) is -0.427. The van der Waals surface area contributed by atoms with E-state index in [0.29, 0.717) is 12.1 Å². The Morgan fingerprint density at radius 3 is 2.59 bits per heavy atom. The number of benzene rings is 1. The number of hydrogen-bond acceptors (Lipinski definition) is 3. The summed E-state index contributed by atoms with van der Waals surface area (Å²) in [5, 5.41) is 5.30. The number of amides is 2. The highest BCUT2D eigenvalue weighted by Crippen LogP contribution is 2.08. The number of nitrogens with two attached hydrogens (primary N) is 1. The van der Waals surface area contributed by atoms with E-state index in [0.717, 1.165) is 5.56 Å². The topological polar surface area (TPSA) is 84.2 Å². The fraction of sp³-hybridized carbons (Fsp3) is 0.333. The van der Waals surface area contributed by atoms with Crippen molar-refractivity contribution in [2.45, 2.75) is 19.0 Å². The molecule has 2 rings (SSSR count). The van der Waals surface area contributed by atoms with Gasteiger partial charge in [-0.15, -0.1) is 0 Å². The minimum absolute atomic E-state index is 0.156. The molecule has 1 aliphatic rings. The fourth-order valence-corrected chi connectivity index (χ4v) is 1.73. The molecule has 5 nitrogen and oxygen atoms in total. The first-order chi connectivity index (χ1) is 8.11. The molecule has 2 atom stereocenters. The van der Waals surface area contributed by atoms with E-state index < -0.39 is 6.04 Å². The maximum absolute atomic E-state index is 11.8. The summed E-state index contributed by atoms with van der Waals surface area (Å²) >= 11 is 0. The van der Waals surface area contributed by atoms with Gasteiger partial charge in [-0.05, 0) is 19.1 Å². The van der Waals surface area contributed by atoms with Gasteiger partial charge in [0.05, 0.1) is 6.04 Å². The van der Waals surface area contributed by atoms with Crippen molar-refractivity contribution >= 4 is 11.8 Å². The van der Waals surface area contributed by atoms with Crippen LogP contribution in [0.15, 0.2) is 24.3 Å². The Balaban J connectivity index is 2.02. The molecule has 5 heteroatoms. The minimum Gasteiger partial charge on any atom is -0.348 e. The first kappa shape index (κ1) is 11.6. The van der Waals surface area contributed by atoms with E-state index in [1.165, 1.54) is 0 Å². The molecule has 1 aromatic carbocycles. The van der Waals surface area contributed by atoms with Crippen LogP contribution in [0, 0.1) is 6.92 Å². The second-order valence-electron chi connectivity index (χ2n) is 4.17. The summed E-state index contributed by atoms with van der Waals surface area (Å²) in [7, 11) is 0. The molecule has 90 valence electrons. The van der Waals surface area contributed by atoms with Gasteiger partial charge in [0, 0.05) is 12.1 Å². The van der Waals surface area contributed by atoms with Gasteiger partial charge in [0.2, 0.25) is 5.91 Å². The Morgan fingerprint density at radius 1 is 1.41 bits per heavy atom. The van der Waals surface area contributed by atoms with Crippen molar-refractivity contribution < 1.29 is 9.59 Å². The van der Waals surface area contributed by atoms with E-state index in [4.69, 9.17) is 5.73 Å². The van der Waals surface area contributed by atoms with Gasteiger partial charge in [0.25, 0.3) is 5.91 Å². The Kier molecular flexibility index (Phi) is 3.10. The van der Waals surface area contributed by atoms with Gasteiger partial charge < -0.3 is 16.4 Å². The van der Waals surface area contributed by atoms with Gasteiger partial charge in [0.1, 0.15) is 6.04 Å². The number of hydrogen-bond donors (Lipinski definition) is 3. The van der Waals surface area contributed by atoms with E-state index in [9.17, 15) is 9.59 Å². The largest absolute Gasteiger partial charge is 0.348 e. The molecule has 0 aromatic heterocycles. The first-order valence-electron chi connectivity index (χ1n) is 5.50. The summed E-state index contributed by atoms with van der Waals surface area (Å²) in [4.78, 5) is 23.1. The molecule has 4 N–H and O–H groups in total. The van der Waals surface area contributed by atoms with E-state index >= 15 is 0 Å². The zero-order valence-corrected chi connectivity index (χ0v) is 9.57. The van der Waals surface area contributed by atoms with Crippen molar-refractivity contribution in [1.29, 1.82) is 0 Å². The van der Waals surface area contributed by atoms with Gasteiger partial charge >= 0.3 is 0 Å². The lowest BCUT2D eigenvalue weighted by atomic mass is 9.98. The predicted octanol–water partition coefficient (Wildman–Crippen LogP) is -0.449. The normalized spacial score (nSPS) is 22.6. The molecule has 0 saturated carbocycles. The maximum atomic E-state index is 11.8. The van der Waals surface area contributed by atoms with Crippen LogP contribution in [0.1, 0.15) is 15.9 Å². The molecule has 1 aliphatic heterocycles. The number of aryl methyl sites for hydroxylation is 1. The molecular formula is C12H15N3O2. The van der Waals surface area contributed by atoms with E-state index in [2.05, 4.69) is 10.6 Å². The maximum Gasteiger partial charge on any atom is 0.251 e. The molecule has 1 aromatic rings. The average molecular weight is 233 g/mol. The monoisotopic (exact) mass is 233 g/mol. The molecule has 1 heterocycles. The molecule has 0 bridgehead atoms. The highest BCUT2D eigenvalue weighted by Gasteiger charge is 2.39. The number of carbonyl (C=O) groups excluding carboxylic acids is 2. The van der Waals surface area contributed by atoms with Crippen LogP contribution in [0.4, 0.5) is 0 Å². The quantitative estimate of drug-likeness (QED) is 0.618. The number of rotatable bonds is 3. The molecular weight excluding hydrogens is 218 g/mol. The summed E-state index contributed by atoms with van der Waals surface area (Å²) in [6.07, 6.45) is 0. The lowest BCUT2D eigenvalue weighted by Gasteiger charge is -2.36. The molecule has 17 heavy (non-hydrogen) atoms. The van der Waals surface area contributed by atoms with Crippen LogP contribution in [0.2, 0.25) is 0 Å². The molecule has 0 spiro atoms. The third-order valence-electron chi connectivity index (χ3n) is 2.87. The Hall–Kier alpha value is -1.88. The van der Waals surface area contributed by atoms with Gasteiger partial charge in [-0.2, -0.15) is 0 Å². The molecule has 1 fully saturated rings. The van der Waals surface area contributed by atoms with Gasteiger partial charge in [-0.25, -0.2) is 0 Å². The zero-order valence-electron chi connectivity index (χ0n) is 9.57. The van der Waals surface area contributed by atoms with Crippen molar-refractivity contribution in [2.24, 2.45) is 5.73 Å². The average Bonchev–Trinajstić information content (AvgIpc) is 2.33. The smallest absolute Gasteiger partial charge is 0.251 e. The number of nitrogens with one attached hydrogen (secondary N) is 2. The third kappa shape index (κ3) is 2.29. The fourth-order valence-electron chi connectivity index (χ4n) is 1.73. The predicted molar refractivity (Wildman–Crippen MR) is 63.4 cm³/mol. The molecule has 2 amide bonds. The zero-order chi connectivity index (χ0) is 12.4. The van der Waals surface area contributed by atoms with Crippen molar-refractivity contribution in [3.8, 4) is 0 Å². The standard InChI is InChI=1S/C12H15N3O2/c1-7-2-4-8(5-3-7)11(16)15-10-9(6-13)14-12(10)17/h2-5,9-10H,6,13H2,1H3,(H,14,17)(H,15,16)/t9-,10+/m0/s1. The highest BCUT2D eigenvalue weighted by atomic mass is 16.2. The van der Waals surface area contributed by atoms with Crippen LogP contribution >= 0.6 is 0 Å². The Morgan fingerprint density at radius 2 is 2.06 bits per heavy atom. The lowest BCUT2D eigenvalue weighted by Crippen LogP contribution is -2.71. The van der Waals surface area contributed by atoms with E-state index in [-0.39, 0.29) is 17.9 Å². The van der Waals surface area contributed by atoms with Crippen molar-refractivity contribution in [2.75, 3.05) is 6.54 Å². The van der Waals surface area contributed by atoms with E-state index in [1.807, 2.05) is 19.1 Å². The van der Waals surface area contributed by atoms with Gasteiger partial charge in [0.15, 0.2) is 0 Å². The molecule has 0 aliphatic carbocycles.